The molecule has 0 aliphatic rings. The van der Waals surface area contributed by atoms with E-state index in [0.29, 0.717) is 11.5 Å². The summed E-state index contributed by atoms with van der Waals surface area (Å²) in [6.07, 6.45) is 0. The first-order valence-corrected chi connectivity index (χ1v) is 7.92. The molecule has 0 spiro atoms. The lowest BCUT2D eigenvalue weighted by Crippen LogP contribution is -2.03. The monoisotopic (exact) mass is 328 g/mol. The van der Waals surface area contributed by atoms with Crippen LogP contribution in [-0.2, 0) is 4.74 Å². The molecule has 0 unspecified atom stereocenters. The minimum absolute atomic E-state index is 0.326. The fraction of sp³-hybridized carbons (Fsp3) is 0.350. The van der Waals surface area contributed by atoms with Crippen LogP contribution in [0.2, 0.25) is 0 Å². The molecule has 0 N–H and O–H groups in total. The van der Waals surface area contributed by atoms with Crippen molar-refractivity contribution in [2.45, 2.75) is 33.6 Å². The predicted molar refractivity (Wildman–Crippen MR) is 94.4 cm³/mol. The molecule has 2 aromatic rings. The lowest BCUT2D eigenvalue weighted by atomic mass is 10.0. The van der Waals surface area contributed by atoms with E-state index in [2.05, 4.69) is 13.8 Å². The van der Waals surface area contributed by atoms with Gasteiger partial charge in [0.25, 0.3) is 0 Å². The zero-order valence-electron chi connectivity index (χ0n) is 15.1. The molecule has 2 aromatic carbocycles. The molecule has 0 fully saturated rings. The smallest absolute Gasteiger partial charge is 0.337 e. The van der Waals surface area contributed by atoms with Crippen molar-refractivity contribution < 1.29 is 19.0 Å². The molecule has 2 rings (SSSR count). The Morgan fingerprint density at radius 1 is 1.00 bits per heavy atom. The Kier molecular flexibility index (Phi) is 5.50. The van der Waals surface area contributed by atoms with Gasteiger partial charge in [0.1, 0.15) is 17.2 Å². The van der Waals surface area contributed by atoms with Gasteiger partial charge in [0.2, 0.25) is 0 Å². The number of hydrogen-bond acceptors (Lipinski definition) is 4. The van der Waals surface area contributed by atoms with Crippen LogP contribution < -0.4 is 9.47 Å². The van der Waals surface area contributed by atoms with Crippen molar-refractivity contribution in [2.24, 2.45) is 0 Å². The van der Waals surface area contributed by atoms with Crippen molar-refractivity contribution in [3.63, 3.8) is 0 Å². The fourth-order valence-corrected chi connectivity index (χ4v) is 2.69. The van der Waals surface area contributed by atoms with Crippen molar-refractivity contribution >= 4 is 5.97 Å². The van der Waals surface area contributed by atoms with Crippen LogP contribution in [0, 0.1) is 13.8 Å². The lowest BCUT2D eigenvalue weighted by molar-refractivity contribution is 0.0600. The molecule has 0 aliphatic carbocycles. The minimum atomic E-state index is -0.348. The second-order valence-electron chi connectivity index (χ2n) is 6.09. The fourth-order valence-electron chi connectivity index (χ4n) is 2.69. The van der Waals surface area contributed by atoms with Crippen LogP contribution in [0.15, 0.2) is 30.3 Å². The zero-order valence-corrected chi connectivity index (χ0v) is 15.1. The van der Waals surface area contributed by atoms with Crippen molar-refractivity contribution in [1.29, 1.82) is 0 Å². The zero-order chi connectivity index (χ0) is 17.9. The van der Waals surface area contributed by atoms with Gasteiger partial charge in [-0.3, -0.25) is 0 Å². The highest BCUT2D eigenvalue weighted by molar-refractivity contribution is 5.90. The molecule has 0 atom stereocenters. The van der Waals surface area contributed by atoms with Gasteiger partial charge in [0.05, 0.1) is 19.8 Å². The van der Waals surface area contributed by atoms with Crippen LogP contribution in [0.25, 0.3) is 0 Å². The van der Waals surface area contributed by atoms with E-state index in [-0.39, 0.29) is 5.97 Å². The van der Waals surface area contributed by atoms with E-state index in [1.807, 2.05) is 32.0 Å². The number of carbonyl (C=O) groups is 1. The normalized spacial score (nSPS) is 10.6. The molecule has 0 saturated heterocycles. The van der Waals surface area contributed by atoms with Crippen LogP contribution in [0.3, 0.4) is 0 Å². The lowest BCUT2D eigenvalue weighted by Gasteiger charge is -2.16. The summed E-state index contributed by atoms with van der Waals surface area (Å²) >= 11 is 0. The number of hydrogen-bond donors (Lipinski definition) is 0. The molecule has 0 heterocycles. The Labute approximate surface area is 143 Å². The van der Waals surface area contributed by atoms with Gasteiger partial charge in [-0.1, -0.05) is 13.8 Å². The Bertz CT molecular complexity index is 724. The summed E-state index contributed by atoms with van der Waals surface area (Å²) in [6.45, 7) is 8.07. The average molecular weight is 328 g/mol. The van der Waals surface area contributed by atoms with Gasteiger partial charge >= 0.3 is 5.97 Å². The van der Waals surface area contributed by atoms with E-state index in [4.69, 9.17) is 14.2 Å². The minimum Gasteiger partial charge on any atom is -0.496 e. The number of esters is 1. The topological polar surface area (TPSA) is 44.8 Å². The molecule has 0 aromatic heterocycles. The Hall–Kier alpha value is -2.49. The van der Waals surface area contributed by atoms with Crippen LogP contribution in [0.5, 0.6) is 17.2 Å². The number of carbonyl (C=O) groups excluding carboxylic acids is 1. The standard InChI is InChI=1S/C20H24O4/c1-12(2)17-11-16(7-8-18(17)22-5)24-19-13(3)9-15(10-14(19)4)20(21)23-6/h7-12H,1-6H3. The largest absolute Gasteiger partial charge is 0.496 e. The van der Waals surface area contributed by atoms with Gasteiger partial charge in [-0.25, -0.2) is 4.79 Å². The maximum Gasteiger partial charge on any atom is 0.337 e. The van der Waals surface area contributed by atoms with E-state index >= 15 is 0 Å². The van der Waals surface area contributed by atoms with Crippen molar-refractivity contribution in [1.82, 2.24) is 0 Å². The molecular formula is C20H24O4. The third-order valence-electron chi connectivity index (χ3n) is 3.92. The molecule has 4 heteroatoms. The Balaban J connectivity index is 2.38. The van der Waals surface area contributed by atoms with Crippen molar-refractivity contribution in [3.8, 4) is 17.2 Å². The van der Waals surface area contributed by atoms with Gasteiger partial charge in [0, 0.05) is 5.56 Å². The molecule has 0 saturated carbocycles. The SMILES string of the molecule is COC(=O)c1cc(C)c(Oc2ccc(OC)c(C(C)C)c2)c(C)c1. The number of ether oxygens (including phenoxy) is 3. The highest BCUT2D eigenvalue weighted by Crippen LogP contribution is 2.35. The summed E-state index contributed by atoms with van der Waals surface area (Å²) in [5, 5.41) is 0. The van der Waals surface area contributed by atoms with Gasteiger partial charge in [-0.2, -0.15) is 0 Å². The van der Waals surface area contributed by atoms with Crippen molar-refractivity contribution in [3.05, 3.63) is 52.6 Å². The van der Waals surface area contributed by atoms with Gasteiger partial charge in [-0.05, 0) is 61.2 Å². The van der Waals surface area contributed by atoms with Crippen LogP contribution in [0.4, 0.5) is 0 Å². The molecule has 128 valence electrons. The highest BCUT2D eigenvalue weighted by Gasteiger charge is 2.14. The highest BCUT2D eigenvalue weighted by atomic mass is 16.5. The van der Waals surface area contributed by atoms with E-state index < -0.39 is 0 Å². The summed E-state index contributed by atoms with van der Waals surface area (Å²) in [7, 11) is 3.05. The van der Waals surface area contributed by atoms with Crippen LogP contribution in [0.1, 0.15) is 46.8 Å². The number of aryl methyl sites for hydroxylation is 2. The van der Waals surface area contributed by atoms with Gasteiger partial charge in [0.15, 0.2) is 0 Å². The summed E-state index contributed by atoms with van der Waals surface area (Å²) in [5.74, 6) is 2.33. The van der Waals surface area contributed by atoms with E-state index in [1.54, 1.807) is 19.2 Å². The van der Waals surface area contributed by atoms with E-state index in [9.17, 15) is 4.79 Å². The average Bonchev–Trinajstić information content (AvgIpc) is 2.56. The molecular weight excluding hydrogens is 304 g/mol. The number of rotatable bonds is 5. The second kappa shape index (κ2) is 7.39. The molecule has 0 bridgehead atoms. The summed E-state index contributed by atoms with van der Waals surface area (Å²) < 4.78 is 16.3. The maximum atomic E-state index is 11.7. The van der Waals surface area contributed by atoms with Crippen LogP contribution >= 0.6 is 0 Å². The molecule has 0 aliphatic heterocycles. The maximum absolute atomic E-state index is 11.7. The summed E-state index contributed by atoms with van der Waals surface area (Å²) in [5.41, 5.74) is 3.39. The molecule has 24 heavy (non-hydrogen) atoms. The van der Waals surface area contributed by atoms with Crippen LogP contribution in [-0.4, -0.2) is 20.2 Å². The van der Waals surface area contributed by atoms with E-state index in [1.165, 1.54) is 7.11 Å². The second-order valence-corrected chi connectivity index (χ2v) is 6.09. The predicted octanol–water partition coefficient (Wildman–Crippen LogP) is 5.01. The van der Waals surface area contributed by atoms with Gasteiger partial charge < -0.3 is 14.2 Å². The third kappa shape index (κ3) is 3.70. The van der Waals surface area contributed by atoms with Crippen molar-refractivity contribution in [2.75, 3.05) is 14.2 Å². The van der Waals surface area contributed by atoms with Gasteiger partial charge in [-0.15, -0.1) is 0 Å². The Morgan fingerprint density at radius 3 is 2.12 bits per heavy atom. The summed E-state index contributed by atoms with van der Waals surface area (Å²) in [4.78, 5) is 11.7. The molecule has 4 nitrogen and oxygen atoms in total. The number of methoxy groups -OCH3 is 2. The molecule has 0 radical (unpaired) electrons. The quantitative estimate of drug-likeness (QED) is 0.723. The first-order valence-electron chi connectivity index (χ1n) is 7.92. The Morgan fingerprint density at radius 2 is 1.62 bits per heavy atom. The first kappa shape index (κ1) is 17.9. The molecule has 0 amide bonds. The van der Waals surface area contributed by atoms with E-state index in [0.717, 1.165) is 33.9 Å². The first-order chi connectivity index (χ1) is 11.4. The summed E-state index contributed by atoms with van der Waals surface area (Å²) in [6, 6.07) is 9.36. The number of benzene rings is 2. The third-order valence-corrected chi connectivity index (χ3v) is 3.92.